The molecule has 0 fully saturated rings. The highest BCUT2D eigenvalue weighted by atomic mass is 19.4. The molecule has 6 nitrogen and oxygen atoms in total. The molecule has 112 valence electrons. The summed E-state index contributed by atoms with van der Waals surface area (Å²) in [7, 11) is 1.34. The Hall–Kier alpha value is -2.58. The van der Waals surface area contributed by atoms with E-state index in [1.54, 1.807) is 0 Å². The van der Waals surface area contributed by atoms with Crippen molar-refractivity contribution in [3.8, 4) is 6.01 Å². The van der Waals surface area contributed by atoms with Crippen LogP contribution in [0.1, 0.15) is 11.1 Å². The number of alkyl halides is 3. The molecule has 0 aliphatic carbocycles. The topological polar surface area (TPSA) is 86.0 Å². The molecular weight excluding hydrogens is 287 g/mol. The number of ether oxygens (including phenoxy) is 1. The number of anilines is 2. The number of benzene rings is 1. The molecule has 0 aliphatic heterocycles. The highest BCUT2D eigenvalue weighted by Crippen LogP contribution is 2.32. The van der Waals surface area contributed by atoms with Gasteiger partial charge in [0.25, 0.3) is 0 Å². The summed E-state index contributed by atoms with van der Waals surface area (Å²) in [6.45, 7) is -0.109. The maximum Gasteiger partial charge on any atom is 0.416 e. The third kappa shape index (κ3) is 3.71. The molecule has 2 aromatic rings. The fourth-order valence-electron chi connectivity index (χ4n) is 1.67. The van der Waals surface area contributed by atoms with Crippen molar-refractivity contribution < 1.29 is 17.9 Å². The third-order valence-electron chi connectivity index (χ3n) is 2.57. The first-order chi connectivity index (χ1) is 9.90. The van der Waals surface area contributed by atoms with Crippen LogP contribution in [-0.2, 0) is 12.7 Å². The predicted molar refractivity (Wildman–Crippen MR) is 69.6 cm³/mol. The molecule has 0 spiro atoms. The van der Waals surface area contributed by atoms with Gasteiger partial charge in [-0.2, -0.15) is 28.1 Å². The fraction of sp³-hybridized carbons (Fsp3) is 0.250. The van der Waals surface area contributed by atoms with E-state index in [-0.39, 0.29) is 30.0 Å². The van der Waals surface area contributed by atoms with Crippen LogP contribution in [0.25, 0.3) is 0 Å². The number of nitrogen functional groups attached to an aromatic ring is 1. The quantitative estimate of drug-likeness (QED) is 0.899. The summed E-state index contributed by atoms with van der Waals surface area (Å²) < 4.78 is 43.3. The molecule has 3 N–H and O–H groups in total. The van der Waals surface area contributed by atoms with Crippen molar-refractivity contribution in [3.05, 3.63) is 35.4 Å². The van der Waals surface area contributed by atoms with E-state index in [0.717, 1.165) is 6.07 Å². The van der Waals surface area contributed by atoms with E-state index in [2.05, 4.69) is 20.3 Å². The van der Waals surface area contributed by atoms with E-state index < -0.39 is 11.7 Å². The summed E-state index contributed by atoms with van der Waals surface area (Å²) in [4.78, 5) is 11.3. The minimum absolute atomic E-state index is 0.0193. The number of hydrogen-bond donors (Lipinski definition) is 2. The Balaban J connectivity index is 2.19. The van der Waals surface area contributed by atoms with Gasteiger partial charge in [-0.1, -0.05) is 18.2 Å². The first kappa shape index (κ1) is 14.8. The lowest BCUT2D eigenvalue weighted by Gasteiger charge is -2.13. The number of nitrogens with one attached hydrogen (secondary N) is 1. The van der Waals surface area contributed by atoms with Crippen LogP contribution in [0.15, 0.2) is 24.3 Å². The van der Waals surface area contributed by atoms with Gasteiger partial charge in [-0.25, -0.2) is 0 Å². The Morgan fingerprint density at radius 1 is 1.19 bits per heavy atom. The van der Waals surface area contributed by atoms with Gasteiger partial charge in [0.1, 0.15) is 0 Å². The van der Waals surface area contributed by atoms with Gasteiger partial charge >= 0.3 is 12.2 Å². The number of aromatic nitrogens is 3. The number of halogens is 3. The molecule has 0 bridgehead atoms. The van der Waals surface area contributed by atoms with Crippen LogP contribution in [0, 0.1) is 0 Å². The molecule has 0 aliphatic rings. The molecule has 9 heteroatoms. The van der Waals surface area contributed by atoms with Crippen molar-refractivity contribution in [3.63, 3.8) is 0 Å². The van der Waals surface area contributed by atoms with E-state index in [9.17, 15) is 13.2 Å². The molecule has 2 rings (SSSR count). The van der Waals surface area contributed by atoms with Crippen molar-refractivity contribution in [1.29, 1.82) is 0 Å². The van der Waals surface area contributed by atoms with Crippen molar-refractivity contribution >= 4 is 11.9 Å². The van der Waals surface area contributed by atoms with Gasteiger partial charge < -0.3 is 15.8 Å². The normalized spacial score (nSPS) is 11.2. The zero-order valence-corrected chi connectivity index (χ0v) is 11.0. The number of rotatable bonds is 4. The predicted octanol–water partition coefficient (Wildman–Crippen LogP) is 2.09. The molecular formula is C12H12F3N5O. The molecule has 21 heavy (non-hydrogen) atoms. The highest BCUT2D eigenvalue weighted by Gasteiger charge is 2.32. The lowest BCUT2D eigenvalue weighted by molar-refractivity contribution is -0.138. The lowest BCUT2D eigenvalue weighted by Crippen LogP contribution is -2.13. The van der Waals surface area contributed by atoms with Crippen LogP contribution in [0.4, 0.5) is 25.1 Å². The Morgan fingerprint density at radius 3 is 2.57 bits per heavy atom. The first-order valence-electron chi connectivity index (χ1n) is 5.84. The lowest BCUT2D eigenvalue weighted by atomic mass is 10.1. The van der Waals surface area contributed by atoms with Gasteiger partial charge in [0.2, 0.25) is 11.9 Å². The average Bonchev–Trinajstić information content (AvgIpc) is 2.44. The second-order valence-corrected chi connectivity index (χ2v) is 4.01. The fourth-order valence-corrected chi connectivity index (χ4v) is 1.67. The largest absolute Gasteiger partial charge is 0.467 e. The van der Waals surface area contributed by atoms with E-state index >= 15 is 0 Å². The molecule has 1 aromatic heterocycles. The molecule has 1 aromatic carbocycles. The Bertz CT molecular complexity index is 633. The van der Waals surface area contributed by atoms with Gasteiger partial charge in [-0.05, 0) is 11.6 Å². The monoisotopic (exact) mass is 299 g/mol. The van der Waals surface area contributed by atoms with Gasteiger partial charge in [-0.3, -0.25) is 0 Å². The molecule has 0 saturated carbocycles. The smallest absolute Gasteiger partial charge is 0.416 e. The second-order valence-electron chi connectivity index (χ2n) is 4.01. The van der Waals surface area contributed by atoms with Crippen LogP contribution in [0.2, 0.25) is 0 Å². The van der Waals surface area contributed by atoms with Crippen LogP contribution in [0.3, 0.4) is 0 Å². The van der Waals surface area contributed by atoms with Crippen molar-refractivity contribution in [1.82, 2.24) is 15.0 Å². The molecule has 1 heterocycles. The van der Waals surface area contributed by atoms with Crippen molar-refractivity contribution in [2.24, 2.45) is 0 Å². The van der Waals surface area contributed by atoms with E-state index in [1.807, 2.05) is 0 Å². The zero-order chi connectivity index (χ0) is 15.5. The highest BCUT2D eigenvalue weighted by molar-refractivity contribution is 5.36. The summed E-state index contributed by atoms with van der Waals surface area (Å²) >= 11 is 0. The van der Waals surface area contributed by atoms with Crippen LogP contribution in [-0.4, -0.2) is 22.1 Å². The van der Waals surface area contributed by atoms with E-state index in [1.165, 1.54) is 25.3 Å². The van der Waals surface area contributed by atoms with Crippen LogP contribution in [0.5, 0.6) is 6.01 Å². The summed E-state index contributed by atoms with van der Waals surface area (Å²) in [5, 5.41) is 2.67. The van der Waals surface area contributed by atoms with Gasteiger partial charge in [-0.15, -0.1) is 0 Å². The Morgan fingerprint density at radius 2 is 1.90 bits per heavy atom. The summed E-state index contributed by atoms with van der Waals surface area (Å²) in [5.74, 6) is -0.0511. The van der Waals surface area contributed by atoms with Crippen molar-refractivity contribution in [2.45, 2.75) is 12.7 Å². The standard InChI is InChI=1S/C12H12F3N5O/c1-21-11-19-9(16)18-10(20-11)17-6-7-4-2-3-5-8(7)12(13,14)15/h2-5H,6H2,1H3,(H3,16,17,18,19,20). The SMILES string of the molecule is COc1nc(N)nc(NCc2ccccc2C(F)(F)F)n1. The maximum absolute atomic E-state index is 12.8. The molecule has 0 radical (unpaired) electrons. The number of methoxy groups -OCH3 is 1. The van der Waals surface area contributed by atoms with E-state index in [4.69, 9.17) is 10.5 Å². The van der Waals surface area contributed by atoms with Crippen molar-refractivity contribution in [2.75, 3.05) is 18.2 Å². The average molecular weight is 299 g/mol. The Kier molecular flexibility index (Phi) is 4.10. The second kappa shape index (κ2) is 5.81. The Labute approximate surface area is 118 Å². The molecule has 0 atom stereocenters. The van der Waals surface area contributed by atoms with E-state index in [0.29, 0.717) is 0 Å². The van der Waals surface area contributed by atoms with Crippen LogP contribution < -0.4 is 15.8 Å². The molecule has 0 saturated heterocycles. The number of nitrogens with two attached hydrogens (primary N) is 1. The minimum atomic E-state index is -4.42. The van der Waals surface area contributed by atoms with Gasteiger partial charge in [0.15, 0.2) is 0 Å². The summed E-state index contributed by atoms with van der Waals surface area (Å²) in [6, 6.07) is 5.22. The summed E-state index contributed by atoms with van der Waals surface area (Å²) in [6.07, 6.45) is -4.42. The number of hydrogen-bond acceptors (Lipinski definition) is 6. The third-order valence-corrected chi connectivity index (χ3v) is 2.57. The number of nitrogens with zero attached hydrogens (tertiary/aromatic N) is 3. The maximum atomic E-state index is 12.8. The zero-order valence-electron chi connectivity index (χ0n) is 11.0. The molecule has 0 amide bonds. The van der Waals surface area contributed by atoms with Crippen LogP contribution >= 0.6 is 0 Å². The van der Waals surface area contributed by atoms with Gasteiger partial charge in [0.05, 0.1) is 12.7 Å². The van der Waals surface area contributed by atoms with Gasteiger partial charge in [0, 0.05) is 6.54 Å². The minimum Gasteiger partial charge on any atom is -0.467 e. The molecule has 0 unspecified atom stereocenters. The first-order valence-corrected chi connectivity index (χ1v) is 5.84. The summed E-state index contributed by atoms with van der Waals surface area (Å²) in [5.41, 5.74) is 4.80.